The molecule has 1 aromatic rings. The third-order valence-corrected chi connectivity index (χ3v) is 3.65. The van der Waals surface area contributed by atoms with E-state index in [1.165, 1.54) is 5.75 Å². The van der Waals surface area contributed by atoms with E-state index in [1.807, 2.05) is 36.0 Å². The maximum atomic E-state index is 5.65. The highest BCUT2D eigenvalue weighted by Gasteiger charge is 1.95. The normalized spacial score (nSPS) is 10.6. The molecule has 102 valence electrons. The SMILES string of the molecule is COCCCSCCCOc1ccc(CN)cc1. The lowest BCUT2D eigenvalue weighted by atomic mass is 10.2. The fourth-order valence-electron chi connectivity index (χ4n) is 1.48. The van der Waals surface area contributed by atoms with E-state index < -0.39 is 0 Å². The largest absolute Gasteiger partial charge is 0.494 e. The lowest BCUT2D eigenvalue weighted by molar-refractivity contribution is 0.200. The summed E-state index contributed by atoms with van der Waals surface area (Å²) in [7, 11) is 1.74. The number of hydrogen-bond donors (Lipinski definition) is 1. The average molecular weight is 269 g/mol. The van der Waals surface area contributed by atoms with E-state index in [2.05, 4.69) is 0 Å². The quantitative estimate of drug-likeness (QED) is 0.663. The zero-order chi connectivity index (χ0) is 13.1. The van der Waals surface area contributed by atoms with Crippen molar-refractivity contribution in [3.63, 3.8) is 0 Å². The molecule has 0 aliphatic carbocycles. The summed E-state index contributed by atoms with van der Waals surface area (Å²) >= 11 is 1.96. The predicted octanol–water partition coefficient (Wildman–Crippen LogP) is 2.68. The van der Waals surface area contributed by atoms with Crippen LogP contribution in [-0.2, 0) is 11.3 Å². The van der Waals surface area contributed by atoms with Crippen molar-refractivity contribution in [3.8, 4) is 5.75 Å². The summed E-state index contributed by atoms with van der Waals surface area (Å²) in [5.74, 6) is 3.24. The second kappa shape index (κ2) is 10.2. The highest BCUT2D eigenvalue weighted by molar-refractivity contribution is 7.99. The Balaban J connectivity index is 2.00. The third kappa shape index (κ3) is 6.89. The van der Waals surface area contributed by atoms with Crippen LogP contribution < -0.4 is 10.5 Å². The standard InChI is InChI=1S/C14H23NO2S/c1-16-8-2-10-18-11-3-9-17-14-6-4-13(12-15)5-7-14/h4-7H,2-3,8-12,15H2,1H3. The van der Waals surface area contributed by atoms with Gasteiger partial charge in [-0.3, -0.25) is 0 Å². The molecule has 4 heteroatoms. The summed E-state index contributed by atoms with van der Waals surface area (Å²) in [4.78, 5) is 0. The van der Waals surface area contributed by atoms with E-state index in [0.29, 0.717) is 6.54 Å². The zero-order valence-corrected chi connectivity index (χ0v) is 11.9. The van der Waals surface area contributed by atoms with Gasteiger partial charge in [0.15, 0.2) is 0 Å². The molecule has 0 aliphatic heterocycles. The van der Waals surface area contributed by atoms with Gasteiger partial charge in [-0.1, -0.05) is 12.1 Å². The van der Waals surface area contributed by atoms with Crippen molar-refractivity contribution < 1.29 is 9.47 Å². The van der Waals surface area contributed by atoms with Crippen LogP contribution in [0, 0.1) is 0 Å². The van der Waals surface area contributed by atoms with Crippen LogP contribution >= 0.6 is 11.8 Å². The van der Waals surface area contributed by atoms with Crippen molar-refractivity contribution >= 4 is 11.8 Å². The number of hydrogen-bond acceptors (Lipinski definition) is 4. The summed E-state index contributed by atoms with van der Waals surface area (Å²) in [6, 6.07) is 7.98. The lowest BCUT2D eigenvalue weighted by Gasteiger charge is -2.06. The molecule has 0 saturated heterocycles. The molecule has 0 unspecified atom stereocenters. The van der Waals surface area contributed by atoms with E-state index in [9.17, 15) is 0 Å². The Hall–Kier alpha value is -0.710. The second-order valence-electron chi connectivity index (χ2n) is 4.01. The summed E-state index contributed by atoms with van der Waals surface area (Å²) in [6.45, 7) is 2.22. The fraction of sp³-hybridized carbons (Fsp3) is 0.571. The number of benzene rings is 1. The Labute approximate surface area is 114 Å². The van der Waals surface area contributed by atoms with Gasteiger partial charge in [0.05, 0.1) is 6.61 Å². The minimum atomic E-state index is 0.582. The molecule has 0 heterocycles. The first-order valence-corrected chi connectivity index (χ1v) is 7.50. The van der Waals surface area contributed by atoms with Gasteiger partial charge < -0.3 is 15.2 Å². The maximum Gasteiger partial charge on any atom is 0.119 e. The molecule has 0 fully saturated rings. The molecule has 0 aliphatic rings. The van der Waals surface area contributed by atoms with Gasteiger partial charge in [0, 0.05) is 20.3 Å². The van der Waals surface area contributed by atoms with Gasteiger partial charge in [-0.05, 0) is 42.0 Å². The van der Waals surface area contributed by atoms with Gasteiger partial charge in [0.2, 0.25) is 0 Å². The van der Waals surface area contributed by atoms with Crippen molar-refractivity contribution in [2.24, 2.45) is 5.73 Å². The van der Waals surface area contributed by atoms with Gasteiger partial charge in [-0.15, -0.1) is 0 Å². The number of ether oxygens (including phenoxy) is 2. The molecule has 0 bridgehead atoms. The first-order chi connectivity index (χ1) is 8.86. The number of methoxy groups -OCH3 is 1. The van der Waals surface area contributed by atoms with Gasteiger partial charge >= 0.3 is 0 Å². The van der Waals surface area contributed by atoms with Crippen molar-refractivity contribution in [2.75, 3.05) is 31.8 Å². The molecule has 0 spiro atoms. The average Bonchev–Trinajstić information content (AvgIpc) is 2.42. The second-order valence-corrected chi connectivity index (χ2v) is 5.23. The van der Waals surface area contributed by atoms with E-state index in [-0.39, 0.29) is 0 Å². The third-order valence-electron chi connectivity index (χ3n) is 2.50. The number of thioether (sulfide) groups is 1. The molecule has 0 aromatic heterocycles. The fourth-order valence-corrected chi connectivity index (χ4v) is 2.33. The van der Waals surface area contributed by atoms with Gasteiger partial charge in [-0.2, -0.15) is 11.8 Å². The van der Waals surface area contributed by atoms with E-state index >= 15 is 0 Å². The minimum absolute atomic E-state index is 0.582. The summed E-state index contributed by atoms with van der Waals surface area (Å²) < 4.78 is 10.7. The molecule has 3 nitrogen and oxygen atoms in total. The summed E-state index contributed by atoms with van der Waals surface area (Å²) in [6.07, 6.45) is 2.21. The highest BCUT2D eigenvalue weighted by atomic mass is 32.2. The summed E-state index contributed by atoms with van der Waals surface area (Å²) in [5, 5.41) is 0. The molecule has 1 rings (SSSR count). The van der Waals surface area contributed by atoms with Gasteiger partial charge in [-0.25, -0.2) is 0 Å². The van der Waals surface area contributed by atoms with Crippen LogP contribution in [0.1, 0.15) is 18.4 Å². The van der Waals surface area contributed by atoms with Gasteiger partial charge in [0.25, 0.3) is 0 Å². The van der Waals surface area contributed by atoms with Crippen LogP contribution in [0.5, 0.6) is 5.75 Å². The molecule has 18 heavy (non-hydrogen) atoms. The summed E-state index contributed by atoms with van der Waals surface area (Å²) in [5.41, 5.74) is 6.67. The minimum Gasteiger partial charge on any atom is -0.494 e. The molecular formula is C14H23NO2S. The van der Waals surface area contributed by atoms with Crippen LogP contribution in [0.2, 0.25) is 0 Å². The first kappa shape index (κ1) is 15.3. The predicted molar refractivity (Wildman–Crippen MR) is 78.3 cm³/mol. The first-order valence-electron chi connectivity index (χ1n) is 6.35. The van der Waals surface area contributed by atoms with Crippen LogP contribution in [-0.4, -0.2) is 31.8 Å². The molecule has 2 N–H and O–H groups in total. The van der Waals surface area contributed by atoms with E-state index in [0.717, 1.165) is 43.1 Å². The molecular weight excluding hydrogens is 246 g/mol. The Kier molecular flexibility index (Phi) is 8.73. The Morgan fingerprint density at radius 3 is 2.33 bits per heavy atom. The zero-order valence-electron chi connectivity index (χ0n) is 11.1. The van der Waals surface area contributed by atoms with E-state index in [4.69, 9.17) is 15.2 Å². The molecule has 0 atom stereocenters. The Morgan fingerprint density at radius 2 is 1.72 bits per heavy atom. The van der Waals surface area contributed by atoms with Gasteiger partial charge in [0.1, 0.15) is 5.75 Å². The molecule has 1 aromatic carbocycles. The maximum absolute atomic E-state index is 5.65. The van der Waals surface area contributed by atoms with E-state index in [1.54, 1.807) is 7.11 Å². The van der Waals surface area contributed by atoms with Crippen molar-refractivity contribution in [1.82, 2.24) is 0 Å². The molecule has 0 radical (unpaired) electrons. The highest BCUT2D eigenvalue weighted by Crippen LogP contribution is 2.12. The number of nitrogens with two attached hydrogens (primary N) is 1. The van der Waals surface area contributed by atoms with Crippen LogP contribution in [0.4, 0.5) is 0 Å². The topological polar surface area (TPSA) is 44.5 Å². The number of rotatable bonds is 10. The van der Waals surface area contributed by atoms with Crippen LogP contribution in [0.3, 0.4) is 0 Å². The van der Waals surface area contributed by atoms with Crippen molar-refractivity contribution in [1.29, 1.82) is 0 Å². The molecule has 0 amide bonds. The van der Waals surface area contributed by atoms with Crippen molar-refractivity contribution in [3.05, 3.63) is 29.8 Å². The smallest absolute Gasteiger partial charge is 0.119 e. The van der Waals surface area contributed by atoms with Crippen LogP contribution in [0.25, 0.3) is 0 Å². The lowest BCUT2D eigenvalue weighted by Crippen LogP contribution is -2.00. The van der Waals surface area contributed by atoms with Crippen molar-refractivity contribution in [2.45, 2.75) is 19.4 Å². The molecule has 0 saturated carbocycles. The Morgan fingerprint density at radius 1 is 1.06 bits per heavy atom. The Bertz CT molecular complexity index is 303. The van der Waals surface area contributed by atoms with Crippen LogP contribution in [0.15, 0.2) is 24.3 Å². The monoisotopic (exact) mass is 269 g/mol.